The average molecular weight is 220 g/mol. The van der Waals surface area contributed by atoms with Crippen molar-refractivity contribution in [1.29, 1.82) is 0 Å². The van der Waals surface area contributed by atoms with Gasteiger partial charge in [-0.1, -0.05) is 6.92 Å². The number of nitrogens with two attached hydrogens (primary N) is 1. The molecule has 16 heavy (non-hydrogen) atoms. The van der Waals surface area contributed by atoms with E-state index < -0.39 is 0 Å². The zero-order chi connectivity index (χ0) is 11.5. The van der Waals surface area contributed by atoms with E-state index in [0.29, 0.717) is 0 Å². The van der Waals surface area contributed by atoms with E-state index >= 15 is 0 Å². The van der Waals surface area contributed by atoms with Gasteiger partial charge < -0.3 is 4.42 Å². The number of rotatable bonds is 4. The van der Waals surface area contributed by atoms with Crippen molar-refractivity contribution >= 4 is 0 Å². The first-order chi connectivity index (χ1) is 7.76. The molecule has 0 aliphatic carbocycles. The highest BCUT2D eigenvalue weighted by Gasteiger charge is 2.18. The second-order valence-corrected chi connectivity index (χ2v) is 3.70. The van der Waals surface area contributed by atoms with E-state index in [1.807, 2.05) is 19.3 Å². The first kappa shape index (κ1) is 10.9. The van der Waals surface area contributed by atoms with Crippen LogP contribution in [0.25, 0.3) is 0 Å². The first-order valence-corrected chi connectivity index (χ1v) is 5.27. The van der Waals surface area contributed by atoms with Crippen molar-refractivity contribution in [3.63, 3.8) is 0 Å². The van der Waals surface area contributed by atoms with Crippen LogP contribution in [0.5, 0.6) is 0 Å². The molecule has 0 bridgehead atoms. The van der Waals surface area contributed by atoms with Gasteiger partial charge in [-0.3, -0.25) is 10.5 Å². The fourth-order valence-corrected chi connectivity index (χ4v) is 1.85. The molecule has 0 saturated heterocycles. The number of aryl methyl sites for hydroxylation is 2. The number of aromatic nitrogens is 2. The van der Waals surface area contributed by atoms with Gasteiger partial charge in [0.25, 0.3) is 0 Å². The van der Waals surface area contributed by atoms with E-state index in [0.717, 1.165) is 23.3 Å². The smallest absolute Gasteiger partial charge is 0.108 e. The minimum absolute atomic E-state index is 0.0672. The Morgan fingerprint density at radius 2 is 2.44 bits per heavy atom. The normalized spacial score (nSPS) is 12.9. The zero-order valence-electron chi connectivity index (χ0n) is 9.47. The molecule has 1 atom stereocenters. The molecule has 0 aromatic carbocycles. The Kier molecular flexibility index (Phi) is 3.07. The van der Waals surface area contributed by atoms with E-state index in [-0.39, 0.29) is 6.04 Å². The lowest BCUT2D eigenvalue weighted by Crippen LogP contribution is -2.28. The molecule has 2 rings (SSSR count). The van der Waals surface area contributed by atoms with Gasteiger partial charge in [0.15, 0.2) is 0 Å². The summed E-state index contributed by atoms with van der Waals surface area (Å²) in [5.41, 5.74) is 4.89. The SMILES string of the molecule is CCc1occc1C(NN)c1cnn(C)c1. The maximum absolute atomic E-state index is 5.60. The summed E-state index contributed by atoms with van der Waals surface area (Å²) < 4.78 is 7.16. The summed E-state index contributed by atoms with van der Waals surface area (Å²) in [5.74, 6) is 6.55. The zero-order valence-corrected chi connectivity index (χ0v) is 9.47. The van der Waals surface area contributed by atoms with Gasteiger partial charge in [-0.15, -0.1) is 0 Å². The van der Waals surface area contributed by atoms with Crippen LogP contribution in [0.15, 0.2) is 29.1 Å². The molecule has 0 fully saturated rings. The van der Waals surface area contributed by atoms with Gasteiger partial charge in [0.05, 0.1) is 18.5 Å². The molecule has 0 radical (unpaired) electrons. The maximum atomic E-state index is 5.60. The molecule has 0 amide bonds. The molecule has 5 nitrogen and oxygen atoms in total. The van der Waals surface area contributed by atoms with Crippen molar-refractivity contribution in [3.05, 3.63) is 41.6 Å². The Hall–Kier alpha value is -1.59. The summed E-state index contributed by atoms with van der Waals surface area (Å²) in [7, 11) is 1.88. The highest BCUT2D eigenvalue weighted by Crippen LogP contribution is 2.25. The van der Waals surface area contributed by atoms with Crippen LogP contribution >= 0.6 is 0 Å². The topological polar surface area (TPSA) is 69.0 Å². The second kappa shape index (κ2) is 4.51. The number of furan rings is 1. The highest BCUT2D eigenvalue weighted by molar-refractivity contribution is 5.30. The van der Waals surface area contributed by atoms with Crippen molar-refractivity contribution < 1.29 is 4.42 Å². The summed E-state index contributed by atoms with van der Waals surface area (Å²) in [6.45, 7) is 2.05. The van der Waals surface area contributed by atoms with E-state index in [4.69, 9.17) is 10.3 Å². The van der Waals surface area contributed by atoms with Crippen molar-refractivity contribution in [2.45, 2.75) is 19.4 Å². The lowest BCUT2D eigenvalue weighted by molar-refractivity contribution is 0.502. The summed E-state index contributed by atoms with van der Waals surface area (Å²) >= 11 is 0. The fourth-order valence-electron chi connectivity index (χ4n) is 1.85. The van der Waals surface area contributed by atoms with Gasteiger partial charge in [0, 0.05) is 30.8 Å². The molecule has 86 valence electrons. The Balaban J connectivity index is 2.36. The Labute approximate surface area is 94.2 Å². The van der Waals surface area contributed by atoms with Crippen LogP contribution in [0.4, 0.5) is 0 Å². The van der Waals surface area contributed by atoms with Crippen LogP contribution in [0, 0.1) is 0 Å². The van der Waals surface area contributed by atoms with Gasteiger partial charge in [-0.05, 0) is 6.07 Å². The third-order valence-electron chi connectivity index (χ3n) is 2.64. The second-order valence-electron chi connectivity index (χ2n) is 3.70. The van der Waals surface area contributed by atoms with Crippen molar-refractivity contribution in [3.8, 4) is 0 Å². The molecule has 0 aliphatic rings. The molecule has 1 unspecified atom stereocenters. The van der Waals surface area contributed by atoms with Gasteiger partial charge in [-0.25, -0.2) is 5.43 Å². The summed E-state index contributed by atoms with van der Waals surface area (Å²) in [6.07, 6.45) is 6.28. The predicted molar refractivity (Wildman–Crippen MR) is 60.5 cm³/mol. The summed E-state index contributed by atoms with van der Waals surface area (Å²) in [5, 5.41) is 4.14. The molecule has 2 aromatic rings. The first-order valence-electron chi connectivity index (χ1n) is 5.27. The van der Waals surface area contributed by atoms with E-state index in [1.165, 1.54) is 0 Å². The Bertz CT molecular complexity index is 460. The summed E-state index contributed by atoms with van der Waals surface area (Å²) in [6, 6.07) is 1.87. The standard InChI is InChI=1S/C11H16N4O/c1-3-10-9(4-5-16-10)11(14-12)8-6-13-15(2)7-8/h4-7,11,14H,3,12H2,1-2H3. The van der Waals surface area contributed by atoms with Crippen molar-refractivity contribution in [1.82, 2.24) is 15.2 Å². The third kappa shape index (κ3) is 1.87. The highest BCUT2D eigenvalue weighted by atomic mass is 16.3. The van der Waals surface area contributed by atoms with Crippen LogP contribution in [0.3, 0.4) is 0 Å². The molecule has 0 saturated carbocycles. The van der Waals surface area contributed by atoms with Gasteiger partial charge in [0.1, 0.15) is 5.76 Å². The largest absolute Gasteiger partial charge is 0.469 e. The number of hydrogen-bond donors (Lipinski definition) is 2. The fraction of sp³-hybridized carbons (Fsp3) is 0.364. The molecular formula is C11H16N4O. The minimum atomic E-state index is -0.0672. The van der Waals surface area contributed by atoms with Crippen LogP contribution < -0.4 is 11.3 Å². The van der Waals surface area contributed by atoms with Crippen LogP contribution in [0.1, 0.15) is 29.9 Å². The lowest BCUT2D eigenvalue weighted by Gasteiger charge is -2.13. The molecule has 0 spiro atoms. The number of hydrazine groups is 1. The predicted octanol–water partition coefficient (Wildman–Crippen LogP) is 1.13. The van der Waals surface area contributed by atoms with Gasteiger partial charge in [0.2, 0.25) is 0 Å². The number of nitrogens with zero attached hydrogens (tertiary/aromatic N) is 2. The molecular weight excluding hydrogens is 204 g/mol. The Morgan fingerprint density at radius 3 is 3.00 bits per heavy atom. The number of nitrogens with one attached hydrogen (secondary N) is 1. The number of hydrogen-bond acceptors (Lipinski definition) is 4. The van der Waals surface area contributed by atoms with Crippen molar-refractivity contribution in [2.75, 3.05) is 0 Å². The maximum Gasteiger partial charge on any atom is 0.108 e. The Morgan fingerprint density at radius 1 is 1.62 bits per heavy atom. The van der Waals surface area contributed by atoms with E-state index in [2.05, 4.69) is 17.4 Å². The molecule has 5 heteroatoms. The van der Waals surface area contributed by atoms with Crippen molar-refractivity contribution in [2.24, 2.45) is 12.9 Å². The molecule has 2 aromatic heterocycles. The van der Waals surface area contributed by atoms with Crippen LogP contribution in [-0.4, -0.2) is 9.78 Å². The lowest BCUT2D eigenvalue weighted by atomic mass is 10.0. The van der Waals surface area contributed by atoms with E-state index in [9.17, 15) is 0 Å². The monoisotopic (exact) mass is 220 g/mol. The quantitative estimate of drug-likeness (QED) is 0.598. The molecule has 2 heterocycles. The van der Waals surface area contributed by atoms with Crippen LogP contribution in [0.2, 0.25) is 0 Å². The summed E-state index contributed by atoms with van der Waals surface area (Å²) in [4.78, 5) is 0. The molecule has 0 aliphatic heterocycles. The third-order valence-corrected chi connectivity index (χ3v) is 2.64. The van der Waals surface area contributed by atoms with Gasteiger partial charge in [-0.2, -0.15) is 5.10 Å². The van der Waals surface area contributed by atoms with Crippen LogP contribution in [-0.2, 0) is 13.5 Å². The van der Waals surface area contributed by atoms with E-state index in [1.54, 1.807) is 17.1 Å². The van der Waals surface area contributed by atoms with Gasteiger partial charge >= 0.3 is 0 Å². The minimum Gasteiger partial charge on any atom is -0.469 e. The molecule has 3 N–H and O–H groups in total. The average Bonchev–Trinajstić information content (AvgIpc) is 2.89.